The molecule has 2 aromatic carbocycles. The number of amides is 1. The van der Waals surface area contributed by atoms with Gasteiger partial charge in [-0.1, -0.05) is 18.2 Å². The summed E-state index contributed by atoms with van der Waals surface area (Å²) in [5, 5.41) is 0. The molecule has 25 heavy (non-hydrogen) atoms. The molecule has 4 nitrogen and oxygen atoms in total. The monoisotopic (exact) mass is 357 g/mol. The molecule has 2 aromatic rings. The first kappa shape index (κ1) is 17.7. The Balaban J connectivity index is 1.60. The molecule has 3 rings (SSSR count). The van der Waals surface area contributed by atoms with Crippen LogP contribution in [0.25, 0.3) is 0 Å². The Kier molecular flexibility index (Phi) is 5.87. The lowest BCUT2D eigenvalue weighted by atomic mass is 10.2. The van der Waals surface area contributed by atoms with Crippen LogP contribution >= 0.6 is 11.8 Å². The van der Waals surface area contributed by atoms with E-state index in [1.807, 2.05) is 53.4 Å². The number of ether oxygens (including phenoxy) is 2. The van der Waals surface area contributed by atoms with Crippen LogP contribution in [0.2, 0.25) is 0 Å². The molecular formula is C20H23NO3S. The Morgan fingerprint density at radius 3 is 2.44 bits per heavy atom. The van der Waals surface area contributed by atoms with Crippen molar-refractivity contribution in [3.8, 4) is 11.5 Å². The van der Waals surface area contributed by atoms with Gasteiger partial charge in [0.2, 0.25) is 5.91 Å². The molecule has 0 unspecified atom stereocenters. The van der Waals surface area contributed by atoms with Gasteiger partial charge in [0.1, 0.15) is 11.5 Å². The van der Waals surface area contributed by atoms with E-state index in [1.54, 1.807) is 26.0 Å². The lowest BCUT2D eigenvalue weighted by Crippen LogP contribution is -2.33. The summed E-state index contributed by atoms with van der Waals surface area (Å²) in [5.41, 5.74) is 1.13. The van der Waals surface area contributed by atoms with E-state index in [-0.39, 0.29) is 5.91 Å². The molecule has 0 heterocycles. The van der Waals surface area contributed by atoms with Gasteiger partial charge in [-0.05, 0) is 48.7 Å². The number of nitrogens with zero attached hydrogens (tertiary/aromatic N) is 1. The zero-order valence-corrected chi connectivity index (χ0v) is 15.4. The second kappa shape index (κ2) is 8.30. The van der Waals surface area contributed by atoms with Gasteiger partial charge in [-0.25, -0.2) is 0 Å². The largest absolute Gasteiger partial charge is 0.497 e. The molecule has 1 aliphatic carbocycles. The number of thioether (sulfide) groups is 1. The van der Waals surface area contributed by atoms with Gasteiger partial charge in [-0.3, -0.25) is 4.79 Å². The topological polar surface area (TPSA) is 38.8 Å². The molecule has 1 aliphatic rings. The third-order valence-electron chi connectivity index (χ3n) is 4.22. The molecule has 0 atom stereocenters. The zero-order chi connectivity index (χ0) is 17.6. The van der Waals surface area contributed by atoms with Crippen molar-refractivity contribution < 1.29 is 14.3 Å². The molecule has 5 heteroatoms. The molecule has 0 bridgehead atoms. The number of benzene rings is 2. The SMILES string of the molecule is COc1ccc(CN(C(=O)CSc2cccc(OC)c2)C2CC2)cc1. The minimum absolute atomic E-state index is 0.186. The molecule has 132 valence electrons. The van der Waals surface area contributed by atoms with Crippen molar-refractivity contribution in [2.24, 2.45) is 0 Å². The van der Waals surface area contributed by atoms with Crippen molar-refractivity contribution in [1.29, 1.82) is 0 Å². The minimum atomic E-state index is 0.186. The summed E-state index contributed by atoms with van der Waals surface area (Å²) < 4.78 is 10.4. The Morgan fingerprint density at radius 2 is 1.80 bits per heavy atom. The van der Waals surface area contributed by atoms with Gasteiger partial charge in [0.25, 0.3) is 0 Å². The highest BCUT2D eigenvalue weighted by Gasteiger charge is 2.32. The van der Waals surface area contributed by atoms with Crippen LogP contribution in [0, 0.1) is 0 Å². The third kappa shape index (κ3) is 4.92. The highest BCUT2D eigenvalue weighted by Crippen LogP contribution is 2.30. The minimum Gasteiger partial charge on any atom is -0.497 e. The molecular weight excluding hydrogens is 334 g/mol. The van der Waals surface area contributed by atoms with Crippen LogP contribution in [0.4, 0.5) is 0 Å². The average molecular weight is 357 g/mol. The Hall–Kier alpha value is -2.14. The van der Waals surface area contributed by atoms with Gasteiger partial charge in [-0.15, -0.1) is 11.8 Å². The van der Waals surface area contributed by atoms with Crippen LogP contribution in [0.3, 0.4) is 0 Å². The zero-order valence-electron chi connectivity index (χ0n) is 14.6. The summed E-state index contributed by atoms with van der Waals surface area (Å²) in [4.78, 5) is 15.8. The van der Waals surface area contributed by atoms with E-state index in [1.165, 1.54) is 0 Å². The van der Waals surface area contributed by atoms with Crippen LogP contribution in [0.5, 0.6) is 11.5 Å². The number of carbonyl (C=O) groups excluding carboxylic acids is 1. The molecule has 0 N–H and O–H groups in total. The van der Waals surface area contributed by atoms with E-state index in [9.17, 15) is 4.79 Å². The lowest BCUT2D eigenvalue weighted by Gasteiger charge is -2.22. The van der Waals surface area contributed by atoms with Crippen LogP contribution in [-0.2, 0) is 11.3 Å². The van der Waals surface area contributed by atoms with Crippen LogP contribution in [0.15, 0.2) is 53.4 Å². The number of carbonyl (C=O) groups is 1. The van der Waals surface area contributed by atoms with Crippen molar-refractivity contribution in [3.63, 3.8) is 0 Å². The number of hydrogen-bond donors (Lipinski definition) is 0. The number of methoxy groups -OCH3 is 2. The van der Waals surface area contributed by atoms with Gasteiger partial charge >= 0.3 is 0 Å². The first-order chi connectivity index (χ1) is 12.2. The van der Waals surface area contributed by atoms with Crippen molar-refractivity contribution in [3.05, 3.63) is 54.1 Å². The van der Waals surface area contributed by atoms with Gasteiger partial charge < -0.3 is 14.4 Å². The van der Waals surface area contributed by atoms with Gasteiger partial charge in [-0.2, -0.15) is 0 Å². The second-order valence-electron chi connectivity index (χ2n) is 6.07. The average Bonchev–Trinajstić information content (AvgIpc) is 3.50. The number of hydrogen-bond acceptors (Lipinski definition) is 4. The maximum atomic E-state index is 12.7. The fourth-order valence-electron chi connectivity index (χ4n) is 2.65. The van der Waals surface area contributed by atoms with Gasteiger partial charge in [0.05, 0.1) is 20.0 Å². The number of rotatable bonds is 8. The Labute approximate surface area is 153 Å². The van der Waals surface area contributed by atoms with Crippen molar-refractivity contribution in [2.75, 3.05) is 20.0 Å². The molecule has 1 saturated carbocycles. The quantitative estimate of drug-likeness (QED) is 0.670. The molecule has 0 aromatic heterocycles. The van der Waals surface area contributed by atoms with E-state index >= 15 is 0 Å². The second-order valence-corrected chi connectivity index (χ2v) is 7.12. The normalized spacial score (nSPS) is 13.4. The Bertz CT molecular complexity index is 713. The molecule has 0 aliphatic heterocycles. The molecule has 0 spiro atoms. The maximum absolute atomic E-state index is 12.7. The summed E-state index contributed by atoms with van der Waals surface area (Å²) >= 11 is 1.56. The Morgan fingerprint density at radius 1 is 1.08 bits per heavy atom. The molecule has 1 fully saturated rings. The molecule has 1 amide bonds. The van der Waals surface area contributed by atoms with E-state index in [0.29, 0.717) is 18.3 Å². The predicted molar refractivity (Wildman–Crippen MR) is 100 cm³/mol. The van der Waals surface area contributed by atoms with Crippen LogP contribution in [0.1, 0.15) is 18.4 Å². The predicted octanol–water partition coefficient (Wildman–Crippen LogP) is 3.99. The first-order valence-electron chi connectivity index (χ1n) is 8.39. The van der Waals surface area contributed by atoms with Gasteiger partial charge in [0.15, 0.2) is 0 Å². The first-order valence-corrected chi connectivity index (χ1v) is 9.37. The van der Waals surface area contributed by atoms with Gasteiger partial charge in [0, 0.05) is 17.5 Å². The highest BCUT2D eigenvalue weighted by atomic mass is 32.2. The molecule has 0 radical (unpaired) electrons. The molecule has 0 saturated heterocycles. The van der Waals surface area contributed by atoms with Crippen molar-refractivity contribution in [2.45, 2.75) is 30.3 Å². The third-order valence-corrected chi connectivity index (χ3v) is 5.20. The van der Waals surface area contributed by atoms with Crippen LogP contribution in [-0.4, -0.2) is 36.8 Å². The van der Waals surface area contributed by atoms with E-state index in [0.717, 1.165) is 34.8 Å². The standard InChI is InChI=1S/C20H23NO3S/c1-23-17-10-6-15(7-11-17)13-21(16-8-9-16)20(22)14-25-19-5-3-4-18(12-19)24-2/h3-7,10-12,16H,8-9,13-14H2,1-2H3. The maximum Gasteiger partial charge on any atom is 0.233 e. The van der Waals surface area contributed by atoms with E-state index in [4.69, 9.17) is 9.47 Å². The summed E-state index contributed by atoms with van der Waals surface area (Å²) in [6, 6.07) is 16.1. The van der Waals surface area contributed by atoms with Crippen LogP contribution < -0.4 is 9.47 Å². The lowest BCUT2D eigenvalue weighted by molar-refractivity contribution is -0.129. The highest BCUT2D eigenvalue weighted by molar-refractivity contribution is 8.00. The smallest absolute Gasteiger partial charge is 0.233 e. The summed E-state index contributed by atoms with van der Waals surface area (Å²) in [5.74, 6) is 2.28. The summed E-state index contributed by atoms with van der Waals surface area (Å²) in [7, 11) is 3.31. The van der Waals surface area contributed by atoms with E-state index < -0.39 is 0 Å². The fraction of sp³-hybridized carbons (Fsp3) is 0.350. The van der Waals surface area contributed by atoms with E-state index in [2.05, 4.69) is 0 Å². The summed E-state index contributed by atoms with van der Waals surface area (Å²) in [6.07, 6.45) is 2.21. The summed E-state index contributed by atoms with van der Waals surface area (Å²) in [6.45, 7) is 0.659. The fourth-order valence-corrected chi connectivity index (χ4v) is 3.48. The van der Waals surface area contributed by atoms with Crippen molar-refractivity contribution in [1.82, 2.24) is 4.90 Å². The van der Waals surface area contributed by atoms with Crippen molar-refractivity contribution >= 4 is 17.7 Å².